The molecule has 0 heterocycles. The van der Waals surface area contributed by atoms with E-state index in [0.29, 0.717) is 6.42 Å². The van der Waals surface area contributed by atoms with Crippen molar-refractivity contribution in [1.29, 1.82) is 0 Å². The van der Waals surface area contributed by atoms with Crippen LogP contribution in [-0.4, -0.2) is 31.3 Å². The number of carbonyl (C=O) groups is 3. The number of amides is 1. The number of esters is 1. The lowest BCUT2D eigenvalue weighted by Crippen LogP contribution is -2.29. The summed E-state index contributed by atoms with van der Waals surface area (Å²) >= 11 is 0. The predicted octanol–water partition coefficient (Wildman–Crippen LogP) is 0.425. The normalized spacial score (nSPS) is 9.47. The fraction of sp³-hybridized carbons (Fsp3) is 0.700. The number of ketones is 1. The summed E-state index contributed by atoms with van der Waals surface area (Å²) in [6, 6.07) is 0. The Morgan fingerprint density at radius 2 is 1.80 bits per heavy atom. The Labute approximate surface area is 89.2 Å². The molecule has 0 rings (SSSR count). The fourth-order valence-electron chi connectivity index (χ4n) is 0.945. The SMILES string of the molecule is CCCC(=O)NCC(=O)CCC(=O)OC. The van der Waals surface area contributed by atoms with Crippen LogP contribution in [0.1, 0.15) is 32.6 Å². The third-order valence-corrected chi connectivity index (χ3v) is 1.80. The van der Waals surface area contributed by atoms with Crippen LogP contribution in [0.25, 0.3) is 0 Å². The topological polar surface area (TPSA) is 72.5 Å². The van der Waals surface area contributed by atoms with Gasteiger partial charge in [0.25, 0.3) is 0 Å². The number of hydrogen-bond acceptors (Lipinski definition) is 4. The molecule has 0 aliphatic carbocycles. The molecule has 5 heteroatoms. The van der Waals surface area contributed by atoms with Crippen LogP contribution in [0.15, 0.2) is 0 Å². The number of hydrogen-bond donors (Lipinski definition) is 1. The molecule has 15 heavy (non-hydrogen) atoms. The van der Waals surface area contributed by atoms with Gasteiger partial charge in [-0.2, -0.15) is 0 Å². The van der Waals surface area contributed by atoms with Gasteiger partial charge in [0.2, 0.25) is 5.91 Å². The van der Waals surface area contributed by atoms with Gasteiger partial charge in [-0.25, -0.2) is 0 Å². The first kappa shape index (κ1) is 13.6. The van der Waals surface area contributed by atoms with Gasteiger partial charge in [-0.1, -0.05) is 6.92 Å². The lowest BCUT2D eigenvalue weighted by atomic mass is 10.2. The van der Waals surface area contributed by atoms with Crippen molar-refractivity contribution < 1.29 is 19.1 Å². The Hall–Kier alpha value is -1.39. The Kier molecular flexibility index (Phi) is 7.23. The van der Waals surface area contributed by atoms with E-state index in [1.54, 1.807) is 0 Å². The minimum atomic E-state index is -0.414. The van der Waals surface area contributed by atoms with Gasteiger partial charge < -0.3 is 10.1 Å². The average Bonchev–Trinajstić information content (AvgIpc) is 2.23. The second kappa shape index (κ2) is 7.96. The van der Waals surface area contributed by atoms with Crippen molar-refractivity contribution in [2.24, 2.45) is 0 Å². The van der Waals surface area contributed by atoms with E-state index in [1.165, 1.54) is 7.11 Å². The fourth-order valence-corrected chi connectivity index (χ4v) is 0.945. The molecule has 0 atom stereocenters. The van der Waals surface area contributed by atoms with E-state index in [-0.39, 0.29) is 31.1 Å². The monoisotopic (exact) mass is 215 g/mol. The zero-order valence-corrected chi connectivity index (χ0v) is 9.17. The van der Waals surface area contributed by atoms with Crippen LogP contribution in [-0.2, 0) is 19.1 Å². The van der Waals surface area contributed by atoms with Crippen molar-refractivity contribution in [2.75, 3.05) is 13.7 Å². The smallest absolute Gasteiger partial charge is 0.305 e. The van der Waals surface area contributed by atoms with Gasteiger partial charge in [0.05, 0.1) is 20.1 Å². The Bertz CT molecular complexity index is 238. The van der Waals surface area contributed by atoms with Crippen LogP contribution < -0.4 is 5.32 Å². The molecule has 1 amide bonds. The van der Waals surface area contributed by atoms with E-state index in [1.807, 2.05) is 6.92 Å². The number of carbonyl (C=O) groups excluding carboxylic acids is 3. The van der Waals surface area contributed by atoms with E-state index in [2.05, 4.69) is 10.1 Å². The van der Waals surface area contributed by atoms with Crippen LogP contribution in [0.5, 0.6) is 0 Å². The molecule has 0 aliphatic rings. The van der Waals surface area contributed by atoms with Crippen molar-refractivity contribution in [3.63, 3.8) is 0 Å². The molecule has 0 fully saturated rings. The molecule has 5 nitrogen and oxygen atoms in total. The van der Waals surface area contributed by atoms with E-state index >= 15 is 0 Å². The van der Waals surface area contributed by atoms with E-state index in [9.17, 15) is 14.4 Å². The average molecular weight is 215 g/mol. The second-order valence-electron chi connectivity index (χ2n) is 3.14. The predicted molar refractivity (Wildman–Crippen MR) is 54.2 cm³/mol. The van der Waals surface area contributed by atoms with Gasteiger partial charge in [0.1, 0.15) is 0 Å². The minimum Gasteiger partial charge on any atom is -0.469 e. The molecule has 0 spiro atoms. The standard InChI is InChI=1S/C10H17NO4/c1-3-4-9(13)11-7-8(12)5-6-10(14)15-2/h3-7H2,1-2H3,(H,11,13). The third-order valence-electron chi connectivity index (χ3n) is 1.80. The first-order valence-electron chi connectivity index (χ1n) is 4.95. The van der Waals surface area contributed by atoms with Crippen LogP contribution >= 0.6 is 0 Å². The Morgan fingerprint density at radius 3 is 2.33 bits per heavy atom. The van der Waals surface area contributed by atoms with Crippen LogP contribution in [0.2, 0.25) is 0 Å². The molecule has 0 aliphatic heterocycles. The van der Waals surface area contributed by atoms with E-state index in [4.69, 9.17) is 0 Å². The maximum atomic E-state index is 11.1. The maximum absolute atomic E-state index is 11.1. The maximum Gasteiger partial charge on any atom is 0.305 e. The molecule has 86 valence electrons. The first-order valence-corrected chi connectivity index (χ1v) is 4.95. The summed E-state index contributed by atoms with van der Waals surface area (Å²) in [5.74, 6) is -0.711. The number of rotatable bonds is 7. The highest BCUT2D eigenvalue weighted by atomic mass is 16.5. The van der Waals surface area contributed by atoms with Crippen molar-refractivity contribution in [2.45, 2.75) is 32.6 Å². The first-order chi connectivity index (χ1) is 7.10. The molecule has 0 aromatic heterocycles. The molecule has 0 bridgehead atoms. The summed E-state index contributed by atoms with van der Waals surface area (Å²) in [7, 11) is 1.27. The number of ether oxygens (including phenoxy) is 1. The van der Waals surface area contributed by atoms with Gasteiger partial charge in [0, 0.05) is 12.8 Å². The molecule has 0 radical (unpaired) electrons. The number of methoxy groups -OCH3 is 1. The molecule has 0 saturated heterocycles. The summed E-state index contributed by atoms with van der Waals surface area (Å²) in [5.41, 5.74) is 0. The van der Waals surface area contributed by atoms with Gasteiger partial charge in [-0.05, 0) is 6.42 Å². The van der Waals surface area contributed by atoms with Gasteiger partial charge in [-0.15, -0.1) is 0 Å². The zero-order chi connectivity index (χ0) is 11.7. The number of nitrogens with one attached hydrogen (secondary N) is 1. The van der Waals surface area contributed by atoms with Crippen molar-refractivity contribution in [3.05, 3.63) is 0 Å². The minimum absolute atomic E-state index is 0.00414. The van der Waals surface area contributed by atoms with E-state index < -0.39 is 5.97 Å². The highest BCUT2D eigenvalue weighted by Gasteiger charge is 2.08. The highest BCUT2D eigenvalue weighted by molar-refractivity contribution is 5.87. The summed E-state index contributed by atoms with van der Waals surface area (Å²) in [6.45, 7) is 1.88. The highest BCUT2D eigenvalue weighted by Crippen LogP contribution is 1.93. The van der Waals surface area contributed by atoms with E-state index in [0.717, 1.165) is 6.42 Å². The summed E-state index contributed by atoms with van der Waals surface area (Å²) in [5, 5.41) is 2.48. The van der Waals surface area contributed by atoms with Crippen LogP contribution in [0, 0.1) is 0 Å². The molecule has 0 saturated carbocycles. The van der Waals surface area contributed by atoms with Crippen LogP contribution in [0.3, 0.4) is 0 Å². The second-order valence-corrected chi connectivity index (χ2v) is 3.14. The molecular weight excluding hydrogens is 198 g/mol. The Balaban J connectivity index is 3.57. The largest absolute Gasteiger partial charge is 0.469 e. The molecule has 0 aromatic carbocycles. The molecule has 0 unspecified atom stereocenters. The van der Waals surface area contributed by atoms with Crippen molar-refractivity contribution in [3.8, 4) is 0 Å². The lowest BCUT2D eigenvalue weighted by Gasteiger charge is -2.02. The molecule has 1 N–H and O–H groups in total. The van der Waals surface area contributed by atoms with Crippen molar-refractivity contribution >= 4 is 17.7 Å². The van der Waals surface area contributed by atoms with Gasteiger partial charge in [-0.3, -0.25) is 14.4 Å². The lowest BCUT2D eigenvalue weighted by molar-refractivity contribution is -0.141. The molecule has 0 aromatic rings. The third kappa shape index (κ3) is 7.66. The van der Waals surface area contributed by atoms with Gasteiger partial charge >= 0.3 is 5.97 Å². The van der Waals surface area contributed by atoms with Crippen LogP contribution in [0.4, 0.5) is 0 Å². The Morgan fingerprint density at radius 1 is 1.13 bits per heavy atom. The summed E-state index contributed by atoms with van der Waals surface area (Å²) in [4.78, 5) is 32.8. The molecular formula is C10H17NO4. The van der Waals surface area contributed by atoms with Gasteiger partial charge in [0.15, 0.2) is 5.78 Å². The summed E-state index contributed by atoms with van der Waals surface area (Å²) < 4.78 is 4.39. The quantitative estimate of drug-likeness (QED) is 0.625. The van der Waals surface area contributed by atoms with Crippen molar-refractivity contribution in [1.82, 2.24) is 5.32 Å². The zero-order valence-electron chi connectivity index (χ0n) is 9.17. The summed E-state index contributed by atoms with van der Waals surface area (Å²) in [6.07, 6.45) is 1.35. The number of Topliss-reactive ketones (excluding diaryl/α,β-unsaturated/α-hetero) is 1.